The lowest BCUT2D eigenvalue weighted by molar-refractivity contribution is -0.118. The number of esters is 1. The van der Waals surface area contributed by atoms with E-state index in [1.165, 1.54) is 9.42 Å². The minimum atomic E-state index is -0.468. The van der Waals surface area contributed by atoms with Gasteiger partial charge in [-0.25, -0.2) is 4.79 Å². The summed E-state index contributed by atoms with van der Waals surface area (Å²) in [5, 5.41) is 7.08. The van der Waals surface area contributed by atoms with Crippen molar-refractivity contribution in [3.05, 3.63) is 99.1 Å². The van der Waals surface area contributed by atoms with E-state index in [0.717, 1.165) is 16.9 Å². The molecule has 6 rings (SSSR count). The lowest BCUT2D eigenvalue weighted by atomic mass is 10.1. The second-order valence-corrected chi connectivity index (χ2v) is 9.71. The minimum absolute atomic E-state index is 0.200. The fourth-order valence-electron chi connectivity index (χ4n) is 4.41. The molecule has 0 saturated heterocycles. The zero-order valence-corrected chi connectivity index (χ0v) is 21.8. The first-order chi connectivity index (χ1) is 19.4. The first-order valence-electron chi connectivity index (χ1n) is 12.3. The van der Waals surface area contributed by atoms with Crippen LogP contribution < -0.4 is 20.3 Å². The van der Waals surface area contributed by atoms with Crippen LogP contribution in [0.2, 0.25) is 0 Å². The van der Waals surface area contributed by atoms with Gasteiger partial charge in [0, 0.05) is 29.2 Å². The Bertz CT molecular complexity index is 1900. The largest absolute Gasteiger partial charge is 0.462 e. The molecule has 0 spiro atoms. The average Bonchev–Trinajstić information content (AvgIpc) is 3.60. The molecular formula is C28H20N6O5S. The molecule has 198 valence electrons. The fourth-order valence-corrected chi connectivity index (χ4v) is 5.41. The number of aromatic nitrogens is 4. The van der Waals surface area contributed by atoms with Gasteiger partial charge in [0.25, 0.3) is 11.5 Å². The lowest BCUT2D eigenvalue weighted by Gasteiger charge is -2.16. The summed E-state index contributed by atoms with van der Waals surface area (Å²) in [5.74, 6) is -0.982. The van der Waals surface area contributed by atoms with E-state index in [4.69, 9.17) is 4.74 Å². The number of carbonyl (C=O) groups excluding carboxylic acids is 3. The van der Waals surface area contributed by atoms with E-state index in [9.17, 15) is 19.2 Å². The molecule has 1 N–H and O–H groups in total. The summed E-state index contributed by atoms with van der Waals surface area (Å²) >= 11 is 1.07. The summed E-state index contributed by atoms with van der Waals surface area (Å²) in [7, 11) is 0. The van der Waals surface area contributed by atoms with Crippen LogP contribution in [0.25, 0.3) is 21.9 Å². The van der Waals surface area contributed by atoms with E-state index in [0.29, 0.717) is 33.3 Å². The summed E-state index contributed by atoms with van der Waals surface area (Å²) in [5.41, 5.74) is 2.35. The van der Waals surface area contributed by atoms with Gasteiger partial charge in [-0.2, -0.15) is 9.50 Å². The molecule has 0 unspecified atom stereocenters. The highest BCUT2D eigenvalue weighted by Gasteiger charge is 2.35. The van der Waals surface area contributed by atoms with Gasteiger partial charge >= 0.3 is 5.97 Å². The molecule has 3 aromatic heterocycles. The smallest absolute Gasteiger partial charge is 0.338 e. The lowest BCUT2D eigenvalue weighted by Crippen LogP contribution is -2.37. The van der Waals surface area contributed by atoms with Crippen molar-refractivity contribution in [3.63, 3.8) is 0 Å². The van der Waals surface area contributed by atoms with Crippen LogP contribution in [0.3, 0.4) is 0 Å². The maximum Gasteiger partial charge on any atom is 0.338 e. The minimum Gasteiger partial charge on any atom is -0.462 e. The molecule has 0 radical (unpaired) electrons. The molecule has 12 heteroatoms. The summed E-state index contributed by atoms with van der Waals surface area (Å²) in [6.07, 6.45) is 3.22. The van der Waals surface area contributed by atoms with Gasteiger partial charge < -0.3 is 10.1 Å². The number of ether oxygens (including phenoxy) is 1. The van der Waals surface area contributed by atoms with Gasteiger partial charge in [0.2, 0.25) is 10.9 Å². The Morgan fingerprint density at radius 1 is 1.00 bits per heavy atom. The first-order valence-corrected chi connectivity index (χ1v) is 13.1. The van der Waals surface area contributed by atoms with Gasteiger partial charge in [-0.15, -0.1) is 5.10 Å². The molecular weight excluding hydrogens is 532 g/mol. The van der Waals surface area contributed by atoms with Crippen molar-refractivity contribution in [1.82, 2.24) is 19.6 Å². The number of hydrogen-bond acceptors (Lipinski definition) is 9. The molecule has 2 aromatic carbocycles. The van der Waals surface area contributed by atoms with Crippen LogP contribution in [0, 0.1) is 0 Å². The van der Waals surface area contributed by atoms with Gasteiger partial charge in [-0.3, -0.25) is 24.3 Å². The molecule has 0 bridgehead atoms. The number of anilines is 2. The van der Waals surface area contributed by atoms with Gasteiger partial charge in [-0.1, -0.05) is 29.5 Å². The topological polar surface area (TPSA) is 136 Å². The van der Waals surface area contributed by atoms with Gasteiger partial charge in [0.05, 0.1) is 23.4 Å². The molecule has 4 heterocycles. The van der Waals surface area contributed by atoms with Crippen molar-refractivity contribution in [2.75, 3.05) is 23.4 Å². The highest BCUT2D eigenvalue weighted by molar-refractivity contribution is 7.15. The molecule has 2 amide bonds. The maximum absolute atomic E-state index is 13.6. The Labute approximate surface area is 230 Å². The maximum atomic E-state index is 13.6. The average molecular weight is 553 g/mol. The van der Waals surface area contributed by atoms with Crippen molar-refractivity contribution >= 4 is 51.0 Å². The molecule has 5 aromatic rings. The summed E-state index contributed by atoms with van der Waals surface area (Å²) in [4.78, 5) is 61.9. The number of hydrogen-bond donors (Lipinski definition) is 1. The molecule has 0 saturated carbocycles. The number of fused-ring (bicyclic) bond motifs is 2. The second-order valence-electron chi connectivity index (χ2n) is 8.73. The van der Waals surface area contributed by atoms with Crippen LogP contribution in [-0.4, -0.2) is 50.5 Å². The highest BCUT2D eigenvalue weighted by atomic mass is 32.1. The molecule has 1 aliphatic heterocycles. The summed E-state index contributed by atoms with van der Waals surface area (Å²) < 4.78 is 6.36. The van der Waals surface area contributed by atoms with E-state index in [-0.39, 0.29) is 23.3 Å². The van der Waals surface area contributed by atoms with Crippen LogP contribution in [0.1, 0.15) is 22.8 Å². The van der Waals surface area contributed by atoms with Gasteiger partial charge in [0.1, 0.15) is 11.1 Å². The fraction of sp³-hybridized carbons (Fsp3) is 0.107. The van der Waals surface area contributed by atoms with Crippen LogP contribution in [0.15, 0.2) is 77.9 Å². The summed E-state index contributed by atoms with van der Waals surface area (Å²) in [6.45, 7) is 1.70. The van der Waals surface area contributed by atoms with E-state index in [2.05, 4.69) is 20.4 Å². The number of benzene rings is 2. The Morgan fingerprint density at radius 2 is 1.75 bits per heavy atom. The number of nitrogens with one attached hydrogen (secondary N) is 1. The van der Waals surface area contributed by atoms with E-state index in [1.807, 2.05) is 0 Å². The predicted octanol–water partition coefficient (Wildman–Crippen LogP) is 2.29. The normalized spacial score (nSPS) is 13.9. The second kappa shape index (κ2) is 10.2. The molecule has 11 nitrogen and oxygen atoms in total. The summed E-state index contributed by atoms with van der Waals surface area (Å²) in [6, 6.07) is 16.7. The Balaban J connectivity index is 1.30. The van der Waals surface area contributed by atoms with Crippen molar-refractivity contribution in [2.45, 2.75) is 6.92 Å². The first kappa shape index (κ1) is 25.1. The number of amides is 2. The molecule has 0 aliphatic carbocycles. The van der Waals surface area contributed by atoms with E-state index < -0.39 is 23.3 Å². The number of nitrogens with zero attached hydrogens (tertiary/aromatic N) is 5. The third-order valence-corrected chi connectivity index (χ3v) is 7.26. The van der Waals surface area contributed by atoms with Gasteiger partial charge in [-0.05, 0) is 49.4 Å². The van der Waals surface area contributed by atoms with E-state index >= 15 is 0 Å². The van der Waals surface area contributed by atoms with Gasteiger partial charge in [0.15, 0.2) is 5.82 Å². The third kappa shape index (κ3) is 4.39. The van der Waals surface area contributed by atoms with Crippen LogP contribution in [0.4, 0.5) is 11.4 Å². The number of thiazole rings is 1. The van der Waals surface area contributed by atoms with Crippen molar-refractivity contribution in [2.24, 2.45) is 0 Å². The molecule has 0 atom stereocenters. The number of carbonyl (C=O) groups is 3. The highest BCUT2D eigenvalue weighted by Crippen LogP contribution is 2.35. The predicted molar refractivity (Wildman–Crippen MR) is 148 cm³/mol. The van der Waals surface area contributed by atoms with Crippen molar-refractivity contribution in [1.29, 1.82) is 0 Å². The third-order valence-electron chi connectivity index (χ3n) is 6.23. The van der Waals surface area contributed by atoms with E-state index in [1.54, 1.807) is 80.0 Å². The number of para-hydroxylation sites is 1. The van der Waals surface area contributed by atoms with Crippen molar-refractivity contribution < 1.29 is 19.1 Å². The van der Waals surface area contributed by atoms with Crippen molar-refractivity contribution in [3.8, 4) is 11.4 Å². The van der Waals surface area contributed by atoms with Crippen LogP contribution in [0.5, 0.6) is 0 Å². The standard InChI is InChI=1S/C28H20N6O5S/c1-2-39-27(38)17-7-9-18(10-8-17)30-21(35)15-33-20-6-4-3-5-19(20)22(25(33)36)23-26(37)34-28(40-23)31-24(32-34)16-11-13-29-14-12-16/h3-14H,2,15H2,1H3,(H,30,35). The molecule has 40 heavy (non-hydrogen) atoms. The van der Waals surface area contributed by atoms with Crippen LogP contribution in [-0.2, 0) is 14.3 Å². The zero-order valence-electron chi connectivity index (χ0n) is 21.0. The van der Waals surface area contributed by atoms with Crippen LogP contribution >= 0.6 is 11.3 Å². The number of pyridine rings is 1. The number of rotatable bonds is 6. The Morgan fingerprint density at radius 3 is 2.48 bits per heavy atom. The monoisotopic (exact) mass is 552 g/mol. The SMILES string of the molecule is CCOC(=O)c1ccc(NC(=O)CN2C(=O)C(=c3sc4nc(-c5ccncc5)nn4c3=O)c3ccccc32)cc1. The zero-order chi connectivity index (χ0) is 27.8. The molecule has 1 aliphatic rings. The Kier molecular flexibility index (Phi) is 6.36. The quantitative estimate of drug-likeness (QED) is 0.317. The Hall–Kier alpha value is -5.23. The molecule has 0 fully saturated rings.